The van der Waals surface area contributed by atoms with Crippen LogP contribution in [0, 0.1) is 0 Å². The summed E-state index contributed by atoms with van der Waals surface area (Å²) in [4.78, 5) is 20.9. The Hall–Kier alpha value is -4.03. The lowest BCUT2D eigenvalue weighted by atomic mass is 10.0. The van der Waals surface area contributed by atoms with Crippen molar-refractivity contribution in [2.75, 3.05) is 14.2 Å². The molecule has 4 aromatic carbocycles. The van der Waals surface area contributed by atoms with Gasteiger partial charge in [-0.1, -0.05) is 66.7 Å². The number of carbonyl (C=O) groups is 1. The molecule has 5 rings (SSSR count). The number of benzene rings is 4. The molecule has 1 aliphatic rings. The minimum absolute atomic E-state index is 0.0442. The van der Waals surface area contributed by atoms with Gasteiger partial charge in [-0.3, -0.25) is 14.7 Å². The van der Waals surface area contributed by atoms with Crippen LogP contribution in [0.2, 0.25) is 0 Å². The number of amidine groups is 1. The highest BCUT2D eigenvalue weighted by Gasteiger charge is 2.33. The lowest BCUT2D eigenvalue weighted by molar-refractivity contribution is -0.122. The van der Waals surface area contributed by atoms with Crippen LogP contribution >= 0.6 is 11.8 Å². The Balaban J connectivity index is 1.47. The van der Waals surface area contributed by atoms with Gasteiger partial charge in [-0.05, 0) is 69.6 Å². The highest BCUT2D eigenvalue weighted by atomic mass is 32.2. The molecule has 0 saturated carbocycles. The predicted octanol–water partition coefficient (Wildman–Crippen LogP) is 6.53. The van der Waals surface area contributed by atoms with Crippen molar-refractivity contribution in [3.8, 4) is 11.5 Å². The summed E-state index contributed by atoms with van der Waals surface area (Å²) < 4.78 is 10.5. The molecule has 0 aromatic heterocycles. The lowest BCUT2D eigenvalue weighted by Gasteiger charge is -2.16. The van der Waals surface area contributed by atoms with Crippen LogP contribution in [0.25, 0.3) is 16.8 Å². The first kappa shape index (κ1) is 23.7. The van der Waals surface area contributed by atoms with Crippen molar-refractivity contribution in [2.45, 2.75) is 13.1 Å². The number of hydrogen-bond acceptors (Lipinski definition) is 5. The Morgan fingerprint density at radius 2 is 1.44 bits per heavy atom. The van der Waals surface area contributed by atoms with Crippen molar-refractivity contribution in [3.05, 3.63) is 113 Å². The third-order valence-corrected chi connectivity index (χ3v) is 7.10. The maximum Gasteiger partial charge on any atom is 0.267 e. The minimum Gasteiger partial charge on any atom is -0.497 e. The smallest absolute Gasteiger partial charge is 0.267 e. The second kappa shape index (κ2) is 10.7. The Morgan fingerprint density at radius 3 is 2.14 bits per heavy atom. The van der Waals surface area contributed by atoms with E-state index >= 15 is 0 Å². The predicted molar refractivity (Wildman–Crippen MR) is 147 cm³/mol. The van der Waals surface area contributed by atoms with E-state index in [0.717, 1.165) is 39.0 Å². The molecule has 0 bridgehead atoms. The van der Waals surface area contributed by atoms with Crippen molar-refractivity contribution >= 4 is 39.7 Å². The number of hydrogen-bond donors (Lipinski definition) is 0. The van der Waals surface area contributed by atoms with Crippen LogP contribution in [-0.4, -0.2) is 30.2 Å². The van der Waals surface area contributed by atoms with E-state index < -0.39 is 0 Å². The number of aliphatic imine (C=N–C) groups is 1. The zero-order valence-electron chi connectivity index (χ0n) is 20.2. The van der Waals surface area contributed by atoms with Gasteiger partial charge in [0.2, 0.25) is 0 Å². The fourth-order valence-electron chi connectivity index (χ4n) is 4.09. The molecule has 180 valence electrons. The second-order valence-corrected chi connectivity index (χ2v) is 9.37. The molecule has 0 unspecified atom stereocenters. The van der Waals surface area contributed by atoms with Gasteiger partial charge in [-0.15, -0.1) is 0 Å². The maximum absolute atomic E-state index is 13.6. The normalized spacial score (nSPS) is 15.7. The molecule has 6 heteroatoms. The van der Waals surface area contributed by atoms with Crippen LogP contribution in [0.3, 0.4) is 0 Å². The van der Waals surface area contributed by atoms with E-state index in [2.05, 4.69) is 18.2 Å². The lowest BCUT2D eigenvalue weighted by Crippen LogP contribution is -2.28. The molecule has 0 aliphatic carbocycles. The van der Waals surface area contributed by atoms with E-state index in [-0.39, 0.29) is 5.91 Å². The molecule has 36 heavy (non-hydrogen) atoms. The number of amides is 1. The summed E-state index contributed by atoms with van der Waals surface area (Å²) in [6.07, 6.45) is 1.98. The Morgan fingerprint density at radius 1 is 0.806 bits per heavy atom. The van der Waals surface area contributed by atoms with Gasteiger partial charge in [0, 0.05) is 0 Å². The van der Waals surface area contributed by atoms with Gasteiger partial charge in [0.15, 0.2) is 5.17 Å². The van der Waals surface area contributed by atoms with Crippen LogP contribution in [-0.2, 0) is 17.9 Å². The first-order valence-electron chi connectivity index (χ1n) is 11.6. The second-order valence-electron chi connectivity index (χ2n) is 8.37. The summed E-state index contributed by atoms with van der Waals surface area (Å²) in [7, 11) is 3.29. The van der Waals surface area contributed by atoms with Crippen LogP contribution in [0.15, 0.2) is 101 Å². The van der Waals surface area contributed by atoms with E-state index in [0.29, 0.717) is 23.2 Å². The van der Waals surface area contributed by atoms with Crippen LogP contribution < -0.4 is 9.47 Å². The van der Waals surface area contributed by atoms with E-state index in [1.54, 1.807) is 19.1 Å². The SMILES string of the molecule is COc1ccc(CN=C2S/C(=C\c3cccc4ccccc34)C(=O)N2Cc2ccc(OC)cc2)cc1. The summed E-state index contributed by atoms with van der Waals surface area (Å²) in [5.41, 5.74) is 3.07. The molecule has 1 aliphatic heterocycles. The monoisotopic (exact) mass is 494 g/mol. The average Bonchev–Trinajstić information content (AvgIpc) is 3.22. The zero-order chi connectivity index (χ0) is 24.9. The third-order valence-electron chi connectivity index (χ3n) is 6.05. The molecular weight excluding hydrogens is 468 g/mol. The van der Waals surface area contributed by atoms with Crippen molar-refractivity contribution in [3.63, 3.8) is 0 Å². The van der Waals surface area contributed by atoms with Gasteiger partial charge in [-0.25, -0.2) is 0 Å². The summed E-state index contributed by atoms with van der Waals surface area (Å²) in [5, 5.41) is 2.95. The summed E-state index contributed by atoms with van der Waals surface area (Å²) in [6, 6.07) is 29.9. The van der Waals surface area contributed by atoms with E-state index in [1.807, 2.05) is 78.9 Å². The molecule has 1 fully saturated rings. The molecule has 0 radical (unpaired) electrons. The van der Waals surface area contributed by atoms with Crippen molar-refractivity contribution < 1.29 is 14.3 Å². The standard InChI is InChI=1S/C30H26N2O3S/c1-34-25-14-10-21(11-15-25)19-31-30-32(20-22-12-16-26(35-2)17-13-22)29(33)28(36-30)18-24-8-5-7-23-6-3-4-9-27(23)24/h3-18H,19-20H2,1-2H3/b28-18-,31-30?. The Kier molecular flexibility index (Phi) is 7.05. The number of thioether (sulfide) groups is 1. The number of methoxy groups -OCH3 is 2. The number of rotatable bonds is 7. The molecule has 4 aromatic rings. The number of fused-ring (bicyclic) bond motifs is 1. The molecule has 0 N–H and O–H groups in total. The number of nitrogens with zero attached hydrogens (tertiary/aromatic N) is 2. The average molecular weight is 495 g/mol. The highest BCUT2D eigenvalue weighted by molar-refractivity contribution is 8.18. The van der Waals surface area contributed by atoms with E-state index in [1.165, 1.54) is 11.8 Å². The largest absolute Gasteiger partial charge is 0.497 e. The number of ether oxygens (including phenoxy) is 2. The first-order chi connectivity index (χ1) is 17.6. The summed E-state index contributed by atoms with van der Waals surface area (Å²) in [6.45, 7) is 0.907. The van der Waals surface area contributed by atoms with Crippen molar-refractivity contribution in [2.24, 2.45) is 4.99 Å². The van der Waals surface area contributed by atoms with Gasteiger partial charge >= 0.3 is 0 Å². The van der Waals surface area contributed by atoms with Crippen LogP contribution in [0.5, 0.6) is 11.5 Å². The Labute approximate surface area is 215 Å². The quantitative estimate of drug-likeness (QED) is 0.274. The fraction of sp³-hybridized carbons (Fsp3) is 0.133. The van der Waals surface area contributed by atoms with Crippen molar-refractivity contribution in [1.82, 2.24) is 4.90 Å². The molecule has 5 nitrogen and oxygen atoms in total. The molecule has 1 heterocycles. The molecule has 0 atom stereocenters. The van der Waals surface area contributed by atoms with Gasteiger partial charge in [-0.2, -0.15) is 0 Å². The van der Waals surface area contributed by atoms with Gasteiger partial charge in [0.05, 0.1) is 32.2 Å². The van der Waals surface area contributed by atoms with Crippen LogP contribution in [0.1, 0.15) is 16.7 Å². The van der Waals surface area contributed by atoms with Gasteiger partial charge in [0.1, 0.15) is 11.5 Å². The topological polar surface area (TPSA) is 51.1 Å². The summed E-state index contributed by atoms with van der Waals surface area (Å²) in [5.74, 6) is 1.54. The van der Waals surface area contributed by atoms with Crippen molar-refractivity contribution in [1.29, 1.82) is 0 Å². The number of carbonyl (C=O) groups excluding carboxylic acids is 1. The van der Waals surface area contributed by atoms with E-state index in [9.17, 15) is 4.79 Å². The molecule has 1 amide bonds. The molecule has 1 saturated heterocycles. The molecular formula is C30H26N2O3S. The third kappa shape index (κ3) is 5.14. The minimum atomic E-state index is -0.0442. The van der Waals surface area contributed by atoms with Gasteiger partial charge in [0.25, 0.3) is 5.91 Å². The van der Waals surface area contributed by atoms with Crippen LogP contribution in [0.4, 0.5) is 0 Å². The van der Waals surface area contributed by atoms with Gasteiger partial charge < -0.3 is 9.47 Å². The molecule has 0 spiro atoms. The Bertz CT molecular complexity index is 1440. The first-order valence-corrected chi connectivity index (χ1v) is 12.5. The highest BCUT2D eigenvalue weighted by Crippen LogP contribution is 2.35. The fourth-order valence-corrected chi connectivity index (χ4v) is 5.05. The maximum atomic E-state index is 13.6. The van der Waals surface area contributed by atoms with E-state index in [4.69, 9.17) is 14.5 Å². The zero-order valence-corrected chi connectivity index (χ0v) is 21.0. The summed E-state index contributed by atoms with van der Waals surface area (Å²) >= 11 is 1.42.